The van der Waals surface area contributed by atoms with E-state index in [1.807, 2.05) is 73.7 Å². The minimum absolute atomic E-state index is 0.175. The summed E-state index contributed by atoms with van der Waals surface area (Å²) in [6.45, 7) is 1.70. The van der Waals surface area contributed by atoms with Crippen molar-refractivity contribution in [3.8, 4) is 0 Å². The van der Waals surface area contributed by atoms with Gasteiger partial charge >= 0.3 is 5.97 Å². The van der Waals surface area contributed by atoms with Crippen LogP contribution in [0.3, 0.4) is 0 Å². The van der Waals surface area contributed by atoms with Gasteiger partial charge in [0.1, 0.15) is 0 Å². The number of fused-ring (bicyclic) bond motifs is 1. The van der Waals surface area contributed by atoms with Crippen molar-refractivity contribution in [2.75, 3.05) is 17.7 Å². The predicted molar refractivity (Wildman–Crippen MR) is 105 cm³/mol. The zero-order valence-corrected chi connectivity index (χ0v) is 15.2. The molecule has 0 aliphatic heterocycles. The molecule has 0 atom stereocenters. The standard InChI is InChI=1S/C21H19NO3S/c1-15-6-2-5-9-19(15)26-14-21(24)25-13-20(23)22-18-11-10-16-7-3-4-8-17(16)12-18/h2-12H,13-14H2,1H3,(H,22,23). The number of nitrogens with one attached hydrogen (secondary N) is 1. The quantitative estimate of drug-likeness (QED) is 0.519. The number of carbonyl (C=O) groups excluding carboxylic acids is 2. The lowest BCUT2D eigenvalue weighted by Gasteiger charge is -2.08. The third-order valence-electron chi connectivity index (χ3n) is 3.84. The van der Waals surface area contributed by atoms with Crippen LogP contribution in [0.2, 0.25) is 0 Å². The third kappa shape index (κ3) is 4.86. The minimum Gasteiger partial charge on any atom is -0.455 e. The Morgan fingerprint density at radius 3 is 2.50 bits per heavy atom. The van der Waals surface area contributed by atoms with E-state index < -0.39 is 5.97 Å². The van der Waals surface area contributed by atoms with Crippen molar-refractivity contribution in [2.45, 2.75) is 11.8 Å². The Labute approximate surface area is 156 Å². The molecule has 26 heavy (non-hydrogen) atoms. The second kappa shape index (κ2) is 8.54. The lowest BCUT2D eigenvalue weighted by Crippen LogP contribution is -2.21. The molecule has 3 rings (SSSR count). The predicted octanol–water partition coefficient (Wildman–Crippen LogP) is 4.42. The largest absolute Gasteiger partial charge is 0.455 e. The second-order valence-electron chi connectivity index (χ2n) is 5.82. The highest BCUT2D eigenvalue weighted by molar-refractivity contribution is 8.00. The van der Waals surface area contributed by atoms with Crippen LogP contribution in [0.4, 0.5) is 5.69 Å². The molecule has 3 aromatic rings. The smallest absolute Gasteiger partial charge is 0.316 e. The SMILES string of the molecule is Cc1ccccc1SCC(=O)OCC(=O)Nc1ccc2ccccc2c1. The van der Waals surface area contributed by atoms with E-state index in [0.29, 0.717) is 5.69 Å². The molecule has 0 heterocycles. The Bertz CT molecular complexity index is 939. The first-order valence-corrected chi connectivity index (χ1v) is 9.23. The van der Waals surface area contributed by atoms with Crippen molar-refractivity contribution in [2.24, 2.45) is 0 Å². The summed E-state index contributed by atoms with van der Waals surface area (Å²) in [5.74, 6) is -0.588. The third-order valence-corrected chi connectivity index (χ3v) is 4.99. The van der Waals surface area contributed by atoms with Gasteiger partial charge in [-0.3, -0.25) is 9.59 Å². The molecule has 0 spiro atoms. The average Bonchev–Trinajstić information content (AvgIpc) is 2.65. The van der Waals surface area contributed by atoms with E-state index in [1.54, 1.807) is 0 Å². The van der Waals surface area contributed by atoms with E-state index >= 15 is 0 Å². The fraction of sp³-hybridized carbons (Fsp3) is 0.143. The van der Waals surface area contributed by atoms with Gasteiger partial charge in [0.05, 0.1) is 5.75 Å². The van der Waals surface area contributed by atoms with Crippen molar-refractivity contribution in [3.05, 3.63) is 72.3 Å². The molecule has 0 bridgehead atoms. The molecule has 3 aromatic carbocycles. The molecule has 4 nitrogen and oxygen atoms in total. The summed E-state index contributed by atoms with van der Waals surface area (Å²) in [6.07, 6.45) is 0. The Kier molecular flexibility index (Phi) is 5.92. The van der Waals surface area contributed by atoms with Gasteiger partial charge in [0.15, 0.2) is 6.61 Å². The van der Waals surface area contributed by atoms with E-state index in [0.717, 1.165) is 21.2 Å². The highest BCUT2D eigenvalue weighted by Gasteiger charge is 2.09. The van der Waals surface area contributed by atoms with Crippen molar-refractivity contribution >= 4 is 40.1 Å². The summed E-state index contributed by atoms with van der Waals surface area (Å²) in [4.78, 5) is 24.9. The summed E-state index contributed by atoms with van der Waals surface area (Å²) in [5, 5.41) is 4.89. The number of ether oxygens (including phenoxy) is 1. The number of hydrogen-bond acceptors (Lipinski definition) is 4. The zero-order chi connectivity index (χ0) is 18.4. The lowest BCUT2D eigenvalue weighted by molar-refractivity contribution is -0.144. The Morgan fingerprint density at radius 2 is 1.69 bits per heavy atom. The van der Waals surface area contributed by atoms with E-state index in [1.165, 1.54) is 11.8 Å². The molecule has 0 aromatic heterocycles. The molecule has 5 heteroatoms. The van der Waals surface area contributed by atoms with Gasteiger partial charge in [-0.25, -0.2) is 0 Å². The van der Waals surface area contributed by atoms with Crippen molar-refractivity contribution < 1.29 is 14.3 Å². The zero-order valence-electron chi connectivity index (χ0n) is 14.4. The average molecular weight is 365 g/mol. The number of benzene rings is 3. The van der Waals surface area contributed by atoms with Crippen molar-refractivity contribution in [1.29, 1.82) is 0 Å². The molecular weight excluding hydrogens is 346 g/mol. The number of thioether (sulfide) groups is 1. The summed E-state index contributed by atoms with van der Waals surface area (Å²) < 4.78 is 5.05. The van der Waals surface area contributed by atoms with Crippen LogP contribution < -0.4 is 5.32 Å². The molecule has 0 radical (unpaired) electrons. The van der Waals surface area contributed by atoms with Gasteiger partial charge in [0.2, 0.25) is 0 Å². The maximum Gasteiger partial charge on any atom is 0.316 e. The minimum atomic E-state index is -0.410. The van der Waals surface area contributed by atoms with Crippen LogP contribution >= 0.6 is 11.8 Å². The molecule has 1 N–H and O–H groups in total. The van der Waals surface area contributed by atoms with Gasteiger partial charge in [-0.05, 0) is 41.5 Å². The first-order chi connectivity index (χ1) is 12.6. The summed E-state index contributed by atoms with van der Waals surface area (Å²) in [6, 6.07) is 21.4. The Balaban J connectivity index is 1.47. The second-order valence-corrected chi connectivity index (χ2v) is 6.84. The highest BCUT2D eigenvalue weighted by Crippen LogP contribution is 2.22. The van der Waals surface area contributed by atoms with Crippen LogP contribution in [0, 0.1) is 6.92 Å². The Morgan fingerprint density at radius 1 is 0.962 bits per heavy atom. The van der Waals surface area contributed by atoms with Gasteiger partial charge in [0.25, 0.3) is 5.91 Å². The van der Waals surface area contributed by atoms with Gasteiger partial charge < -0.3 is 10.1 Å². The number of rotatable bonds is 6. The fourth-order valence-corrected chi connectivity index (χ4v) is 3.33. The first kappa shape index (κ1) is 18.0. The van der Waals surface area contributed by atoms with E-state index in [2.05, 4.69) is 5.32 Å². The number of amides is 1. The Hall–Kier alpha value is -2.79. The molecule has 0 aliphatic rings. The van der Waals surface area contributed by atoms with E-state index in [-0.39, 0.29) is 18.3 Å². The molecule has 0 saturated heterocycles. The summed E-state index contributed by atoms with van der Waals surface area (Å²) in [5.41, 5.74) is 1.79. The van der Waals surface area contributed by atoms with Crippen molar-refractivity contribution in [3.63, 3.8) is 0 Å². The molecular formula is C21H19NO3S. The summed E-state index contributed by atoms with van der Waals surface area (Å²) in [7, 11) is 0. The van der Waals surface area contributed by atoms with Gasteiger partial charge in [-0.2, -0.15) is 0 Å². The molecule has 0 saturated carbocycles. The number of anilines is 1. The van der Waals surface area contributed by atoms with Crippen LogP contribution in [0.25, 0.3) is 10.8 Å². The van der Waals surface area contributed by atoms with Crippen LogP contribution in [0.15, 0.2) is 71.6 Å². The molecule has 0 fully saturated rings. The van der Waals surface area contributed by atoms with Crippen LogP contribution in [-0.2, 0) is 14.3 Å². The number of carbonyl (C=O) groups is 2. The van der Waals surface area contributed by atoms with Crippen LogP contribution in [0.1, 0.15) is 5.56 Å². The normalized spacial score (nSPS) is 10.5. The van der Waals surface area contributed by atoms with E-state index in [4.69, 9.17) is 4.74 Å². The first-order valence-electron chi connectivity index (χ1n) is 8.24. The monoisotopic (exact) mass is 365 g/mol. The molecule has 0 unspecified atom stereocenters. The summed E-state index contributed by atoms with van der Waals surface area (Å²) >= 11 is 1.41. The van der Waals surface area contributed by atoms with E-state index in [9.17, 15) is 9.59 Å². The molecule has 132 valence electrons. The van der Waals surface area contributed by atoms with Crippen LogP contribution in [-0.4, -0.2) is 24.2 Å². The van der Waals surface area contributed by atoms with Crippen molar-refractivity contribution in [1.82, 2.24) is 0 Å². The maximum absolute atomic E-state index is 12.0. The number of hydrogen-bond donors (Lipinski definition) is 1. The number of aryl methyl sites for hydroxylation is 1. The van der Waals surface area contributed by atoms with Gasteiger partial charge in [-0.1, -0.05) is 48.5 Å². The lowest BCUT2D eigenvalue weighted by atomic mass is 10.1. The topological polar surface area (TPSA) is 55.4 Å². The highest BCUT2D eigenvalue weighted by atomic mass is 32.2. The number of esters is 1. The fourth-order valence-electron chi connectivity index (χ4n) is 2.51. The molecule has 0 aliphatic carbocycles. The van der Waals surface area contributed by atoms with Gasteiger partial charge in [0, 0.05) is 10.6 Å². The van der Waals surface area contributed by atoms with Crippen LogP contribution in [0.5, 0.6) is 0 Å². The maximum atomic E-state index is 12.0. The van der Waals surface area contributed by atoms with Gasteiger partial charge in [-0.15, -0.1) is 11.8 Å². The molecule has 1 amide bonds.